The Bertz CT molecular complexity index is 747. The van der Waals surface area contributed by atoms with Crippen molar-refractivity contribution < 1.29 is 13.6 Å². The van der Waals surface area contributed by atoms with Gasteiger partial charge in [-0.25, -0.2) is 8.78 Å². The van der Waals surface area contributed by atoms with Crippen molar-refractivity contribution in [3.05, 3.63) is 70.3 Å². The summed E-state index contributed by atoms with van der Waals surface area (Å²) in [4.78, 5) is 12.5. The van der Waals surface area contributed by atoms with Crippen molar-refractivity contribution in [1.29, 1.82) is 5.26 Å². The molecule has 0 fully saturated rings. The molecule has 0 aromatic heterocycles. The van der Waals surface area contributed by atoms with Gasteiger partial charge in [0.25, 0.3) is 0 Å². The molecule has 0 spiro atoms. The third-order valence-corrected chi connectivity index (χ3v) is 3.31. The third kappa shape index (κ3) is 2.97. The molecule has 0 heterocycles. The molecule has 0 radical (unpaired) electrons. The number of nitriles is 1. The van der Waals surface area contributed by atoms with E-state index in [0.29, 0.717) is 11.6 Å². The minimum Gasteiger partial charge on any atom is -0.292 e. The molecule has 106 valence electrons. The second-order valence-corrected chi connectivity index (χ2v) is 4.91. The number of aryl methyl sites for hydroxylation is 2. The Morgan fingerprint density at radius 1 is 1.14 bits per heavy atom. The number of halogens is 2. The van der Waals surface area contributed by atoms with E-state index < -0.39 is 23.3 Å². The lowest BCUT2D eigenvalue weighted by molar-refractivity contribution is 0.0977. The van der Waals surface area contributed by atoms with Crippen LogP contribution in [0.2, 0.25) is 0 Å². The number of ketones is 1. The predicted molar refractivity (Wildman–Crippen MR) is 75.0 cm³/mol. The van der Waals surface area contributed by atoms with Gasteiger partial charge in [0, 0.05) is 17.2 Å². The van der Waals surface area contributed by atoms with Gasteiger partial charge in [0.15, 0.2) is 5.78 Å². The molecule has 1 atom stereocenters. The summed E-state index contributed by atoms with van der Waals surface area (Å²) in [6, 6.07) is 9.87. The van der Waals surface area contributed by atoms with E-state index in [2.05, 4.69) is 0 Å². The van der Waals surface area contributed by atoms with Crippen molar-refractivity contribution in [2.24, 2.45) is 0 Å². The van der Waals surface area contributed by atoms with Gasteiger partial charge >= 0.3 is 0 Å². The summed E-state index contributed by atoms with van der Waals surface area (Å²) in [5.41, 5.74) is 1.98. The highest BCUT2D eigenvalue weighted by Crippen LogP contribution is 2.25. The van der Waals surface area contributed by atoms with Crippen molar-refractivity contribution >= 4 is 5.78 Å². The average molecular weight is 285 g/mol. The lowest BCUT2D eigenvalue weighted by Gasteiger charge is -2.12. The summed E-state index contributed by atoms with van der Waals surface area (Å²) in [5.74, 6) is -3.40. The molecule has 4 heteroatoms. The van der Waals surface area contributed by atoms with Crippen LogP contribution in [0.3, 0.4) is 0 Å². The fraction of sp³-hybridized carbons (Fsp3) is 0.176. The molecule has 0 saturated carbocycles. The largest absolute Gasteiger partial charge is 0.292 e. The van der Waals surface area contributed by atoms with Gasteiger partial charge in [-0.3, -0.25) is 4.79 Å². The van der Waals surface area contributed by atoms with Crippen LogP contribution in [0.5, 0.6) is 0 Å². The molecule has 0 amide bonds. The SMILES string of the molecule is Cc1ccc(C(=O)C(C#N)c2ccc(F)cc2F)c(C)c1. The maximum atomic E-state index is 13.8. The second kappa shape index (κ2) is 5.84. The fourth-order valence-electron chi connectivity index (χ4n) is 2.25. The minimum atomic E-state index is -1.29. The Hall–Kier alpha value is -2.54. The maximum absolute atomic E-state index is 13.8. The summed E-state index contributed by atoms with van der Waals surface area (Å²) in [6.07, 6.45) is 0. The zero-order valence-electron chi connectivity index (χ0n) is 11.7. The van der Waals surface area contributed by atoms with E-state index in [1.807, 2.05) is 13.0 Å². The van der Waals surface area contributed by atoms with Crippen LogP contribution < -0.4 is 0 Å². The van der Waals surface area contributed by atoms with E-state index in [0.717, 1.165) is 23.3 Å². The quantitative estimate of drug-likeness (QED) is 0.797. The molecule has 2 aromatic carbocycles. The average Bonchev–Trinajstić information content (AvgIpc) is 2.41. The first-order valence-electron chi connectivity index (χ1n) is 6.40. The Morgan fingerprint density at radius 3 is 2.43 bits per heavy atom. The fourth-order valence-corrected chi connectivity index (χ4v) is 2.25. The van der Waals surface area contributed by atoms with Crippen LogP contribution in [0.15, 0.2) is 36.4 Å². The van der Waals surface area contributed by atoms with Gasteiger partial charge in [0.2, 0.25) is 0 Å². The molecular formula is C17H13F2NO. The Labute approximate surface area is 121 Å². The molecule has 2 nitrogen and oxygen atoms in total. The summed E-state index contributed by atoms with van der Waals surface area (Å²) >= 11 is 0. The van der Waals surface area contributed by atoms with Gasteiger partial charge in [0.1, 0.15) is 17.6 Å². The van der Waals surface area contributed by atoms with Crippen LogP contribution >= 0.6 is 0 Å². The molecule has 21 heavy (non-hydrogen) atoms. The van der Waals surface area contributed by atoms with Crippen LogP contribution in [-0.4, -0.2) is 5.78 Å². The number of carbonyl (C=O) groups excluding carboxylic acids is 1. The van der Waals surface area contributed by atoms with Crippen LogP contribution in [0.25, 0.3) is 0 Å². The number of benzene rings is 2. The zero-order valence-corrected chi connectivity index (χ0v) is 11.7. The zero-order chi connectivity index (χ0) is 15.6. The molecule has 0 bridgehead atoms. The van der Waals surface area contributed by atoms with E-state index in [1.54, 1.807) is 25.1 Å². The Kier molecular flexibility index (Phi) is 4.13. The number of rotatable bonds is 3. The highest BCUT2D eigenvalue weighted by atomic mass is 19.1. The topological polar surface area (TPSA) is 40.9 Å². The molecule has 2 rings (SSSR count). The summed E-state index contributed by atoms with van der Waals surface area (Å²) < 4.78 is 26.7. The third-order valence-electron chi connectivity index (χ3n) is 3.31. The number of Topliss-reactive ketones (excluding diaryl/α,β-unsaturated/α-hetero) is 1. The van der Waals surface area contributed by atoms with Crippen LogP contribution in [0.4, 0.5) is 8.78 Å². The lowest BCUT2D eigenvalue weighted by atomic mass is 9.89. The van der Waals surface area contributed by atoms with Gasteiger partial charge in [-0.15, -0.1) is 0 Å². The van der Waals surface area contributed by atoms with Crippen LogP contribution in [0.1, 0.15) is 33.0 Å². The summed E-state index contributed by atoms with van der Waals surface area (Å²) in [7, 11) is 0. The van der Waals surface area contributed by atoms with Crippen molar-refractivity contribution in [2.45, 2.75) is 19.8 Å². The standard InChI is InChI=1S/C17H13F2NO/c1-10-3-5-13(11(2)7-10)17(21)15(9-20)14-6-4-12(18)8-16(14)19/h3-8,15H,1-2H3. The number of hydrogen-bond acceptors (Lipinski definition) is 2. The van der Waals surface area contributed by atoms with Crippen LogP contribution in [0, 0.1) is 36.8 Å². The maximum Gasteiger partial charge on any atom is 0.184 e. The molecule has 1 unspecified atom stereocenters. The van der Waals surface area contributed by atoms with Crippen molar-refractivity contribution in [2.75, 3.05) is 0 Å². The van der Waals surface area contributed by atoms with E-state index in [9.17, 15) is 18.8 Å². The molecule has 0 N–H and O–H groups in total. The van der Waals surface area contributed by atoms with Gasteiger partial charge in [-0.2, -0.15) is 5.26 Å². The number of hydrogen-bond donors (Lipinski definition) is 0. The lowest BCUT2D eigenvalue weighted by Crippen LogP contribution is -2.14. The van der Waals surface area contributed by atoms with Gasteiger partial charge in [-0.05, 0) is 25.5 Å². The second-order valence-electron chi connectivity index (χ2n) is 4.91. The van der Waals surface area contributed by atoms with Gasteiger partial charge in [-0.1, -0.05) is 29.8 Å². The van der Waals surface area contributed by atoms with Crippen molar-refractivity contribution in [1.82, 2.24) is 0 Å². The number of carbonyl (C=O) groups is 1. The van der Waals surface area contributed by atoms with Gasteiger partial charge < -0.3 is 0 Å². The van der Waals surface area contributed by atoms with E-state index >= 15 is 0 Å². The first-order valence-corrected chi connectivity index (χ1v) is 6.40. The highest BCUT2D eigenvalue weighted by molar-refractivity contribution is 6.03. The normalized spacial score (nSPS) is 11.8. The monoisotopic (exact) mass is 285 g/mol. The van der Waals surface area contributed by atoms with Crippen molar-refractivity contribution in [3.63, 3.8) is 0 Å². The number of nitrogens with zero attached hydrogens (tertiary/aromatic N) is 1. The molecule has 0 aliphatic heterocycles. The minimum absolute atomic E-state index is 0.108. The molecular weight excluding hydrogens is 272 g/mol. The predicted octanol–water partition coefficient (Wildman–Crippen LogP) is 4.07. The van der Waals surface area contributed by atoms with E-state index in [-0.39, 0.29) is 5.56 Å². The smallest absolute Gasteiger partial charge is 0.184 e. The van der Waals surface area contributed by atoms with Crippen molar-refractivity contribution in [3.8, 4) is 6.07 Å². The van der Waals surface area contributed by atoms with E-state index in [1.165, 1.54) is 0 Å². The first-order chi connectivity index (χ1) is 9.93. The molecule has 0 aliphatic rings. The van der Waals surface area contributed by atoms with Crippen LogP contribution in [-0.2, 0) is 0 Å². The highest BCUT2D eigenvalue weighted by Gasteiger charge is 2.26. The molecule has 0 saturated heterocycles. The van der Waals surface area contributed by atoms with Gasteiger partial charge in [0.05, 0.1) is 6.07 Å². The Balaban J connectivity index is 2.46. The first kappa shape index (κ1) is 14.9. The van der Waals surface area contributed by atoms with E-state index in [4.69, 9.17) is 0 Å². The summed E-state index contributed by atoms with van der Waals surface area (Å²) in [6.45, 7) is 3.65. The summed E-state index contributed by atoms with van der Waals surface area (Å²) in [5, 5.41) is 9.22. The molecule has 2 aromatic rings. The molecule has 0 aliphatic carbocycles. The Morgan fingerprint density at radius 2 is 1.86 bits per heavy atom.